The maximum atomic E-state index is 14.5. The second-order valence-electron chi connectivity index (χ2n) is 7.72. The molecule has 33 heavy (non-hydrogen) atoms. The quantitative estimate of drug-likeness (QED) is 0.537. The molecule has 0 aliphatic heterocycles. The maximum Gasteiger partial charge on any atom is 0.304 e. The van der Waals surface area contributed by atoms with E-state index in [-0.39, 0.29) is 18.1 Å². The second-order valence-corrected chi connectivity index (χ2v) is 9.79. The SMILES string of the molecule is CCCNC(=O)[C@H](C)N(Cc1ccccc1)C(=O)CN(c1ccccc1F)S(=O)(=O)N(C)C. The number of hydrogen-bond acceptors (Lipinski definition) is 4. The summed E-state index contributed by atoms with van der Waals surface area (Å²) >= 11 is 0. The summed E-state index contributed by atoms with van der Waals surface area (Å²) in [5.74, 6) is -1.76. The van der Waals surface area contributed by atoms with Crippen molar-refractivity contribution in [3.05, 3.63) is 66.0 Å². The normalized spacial score (nSPS) is 12.3. The van der Waals surface area contributed by atoms with Gasteiger partial charge in [0.05, 0.1) is 5.69 Å². The molecule has 8 nitrogen and oxygen atoms in total. The lowest BCUT2D eigenvalue weighted by atomic mass is 10.1. The Morgan fingerprint density at radius 1 is 1.03 bits per heavy atom. The first-order valence-electron chi connectivity index (χ1n) is 10.6. The predicted octanol–water partition coefficient (Wildman–Crippen LogP) is 2.38. The topological polar surface area (TPSA) is 90.0 Å². The van der Waals surface area contributed by atoms with Crippen LogP contribution in [0.2, 0.25) is 0 Å². The molecule has 0 bridgehead atoms. The number of hydrogen-bond donors (Lipinski definition) is 1. The van der Waals surface area contributed by atoms with Crippen molar-refractivity contribution in [2.75, 3.05) is 31.5 Å². The van der Waals surface area contributed by atoms with Gasteiger partial charge >= 0.3 is 10.2 Å². The van der Waals surface area contributed by atoms with Crippen molar-refractivity contribution in [3.8, 4) is 0 Å². The van der Waals surface area contributed by atoms with Gasteiger partial charge in [-0.2, -0.15) is 12.7 Å². The number of nitrogens with one attached hydrogen (secondary N) is 1. The third-order valence-electron chi connectivity index (χ3n) is 5.05. The summed E-state index contributed by atoms with van der Waals surface area (Å²) < 4.78 is 42.1. The van der Waals surface area contributed by atoms with Crippen LogP contribution in [0.4, 0.5) is 10.1 Å². The molecule has 2 aromatic rings. The number of amides is 2. The Morgan fingerprint density at radius 2 is 1.64 bits per heavy atom. The molecule has 180 valence electrons. The minimum absolute atomic E-state index is 0.0908. The minimum atomic E-state index is -4.20. The predicted molar refractivity (Wildman–Crippen MR) is 126 cm³/mol. The highest BCUT2D eigenvalue weighted by Crippen LogP contribution is 2.23. The molecule has 2 aromatic carbocycles. The van der Waals surface area contributed by atoms with E-state index in [0.717, 1.165) is 26.7 Å². The Labute approximate surface area is 195 Å². The number of nitrogens with zero attached hydrogens (tertiary/aromatic N) is 3. The first-order chi connectivity index (χ1) is 15.6. The first-order valence-corrected chi connectivity index (χ1v) is 12.0. The van der Waals surface area contributed by atoms with Gasteiger partial charge in [-0.05, 0) is 31.0 Å². The molecule has 1 atom stereocenters. The third kappa shape index (κ3) is 6.75. The van der Waals surface area contributed by atoms with Crippen LogP contribution < -0.4 is 9.62 Å². The van der Waals surface area contributed by atoms with Crippen molar-refractivity contribution in [2.45, 2.75) is 32.9 Å². The van der Waals surface area contributed by atoms with Gasteiger partial charge in [-0.3, -0.25) is 9.59 Å². The molecule has 2 amide bonds. The van der Waals surface area contributed by atoms with E-state index in [1.54, 1.807) is 6.92 Å². The van der Waals surface area contributed by atoms with E-state index >= 15 is 0 Å². The highest BCUT2D eigenvalue weighted by Gasteiger charge is 2.33. The van der Waals surface area contributed by atoms with Gasteiger partial charge in [0.15, 0.2) is 0 Å². The zero-order valence-electron chi connectivity index (χ0n) is 19.4. The maximum absolute atomic E-state index is 14.5. The van der Waals surface area contributed by atoms with Crippen LogP contribution in [0.15, 0.2) is 54.6 Å². The Kier molecular flexibility index (Phi) is 9.36. The van der Waals surface area contributed by atoms with Gasteiger partial charge in [-0.25, -0.2) is 8.70 Å². The van der Waals surface area contributed by atoms with Gasteiger partial charge < -0.3 is 10.2 Å². The molecule has 0 fully saturated rings. The van der Waals surface area contributed by atoms with E-state index in [1.165, 1.54) is 37.2 Å². The molecule has 0 radical (unpaired) electrons. The lowest BCUT2D eigenvalue weighted by Crippen LogP contribution is -2.52. The number of halogens is 1. The lowest BCUT2D eigenvalue weighted by Gasteiger charge is -2.32. The lowest BCUT2D eigenvalue weighted by molar-refractivity contribution is -0.139. The first kappa shape index (κ1) is 26.3. The fourth-order valence-electron chi connectivity index (χ4n) is 3.11. The van der Waals surface area contributed by atoms with Gasteiger partial charge in [0, 0.05) is 27.2 Å². The van der Waals surface area contributed by atoms with E-state index in [0.29, 0.717) is 6.54 Å². The van der Waals surface area contributed by atoms with Crippen LogP contribution in [0.3, 0.4) is 0 Å². The zero-order valence-corrected chi connectivity index (χ0v) is 20.2. The van der Waals surface area contributed by atoms with E-state index in [1.807, 2.05) is 37.3 Å². The van der Waals surface area contributed by atoms with E-state index in [2.05, 4.69) is 5.32 Å². The fraction of sp³-hybridized carbons (Fsp3) is 0.391. The zero-order chi connectivity index (χ0) is 24.6. The number of carbonyl (C=O) groups is 2. The summed E-state index contributed by atoms with van der Waals surface area (Å²) in [4.78, 5) is 27.4. The van der Waals surface area contributed by atoms with Gasteiger partial charge in [-0.15, -0.1) is 0 Å². The molecule has 2 rings (SSSR count). The van der Waals surface area contributed by atoms with Crippen LogP contribution >= 0.6 is 0 Å². The number of carbonyl (C=O) groups excluding carboxylic acids is 2. The van der Waals surface area contributed by atoms with Crippen LogP contribution in [0, 0.1) is 5.82 Å². The average Bonchev–Trinajstić information content (AvgIpc) is 2.79. The molecule has 0 aliphatic rings. The monoisotopic (exact) mass is 478 g/mol. The summed E-state index contributed by atoms with van der Waals surface area (Å²) in [6, 6.07) is 13.5. The smallest absolute Gasteiger partial charge is 0.304 e. The second kappa shape index (κ2) is 11.8. The van der Waals surface area contributed by atoms with Crippen LogP contribution in [0.1, 0.15) is 25.8 Å². The van der Waals surface area contributed by atoms with Gasteiger partial charge in [0.2, 0.25) is 11.8 Å². The third-order valence-corrected chi connectivity index (χ3v) is 6.86. The molecular formula is C23H31FN4O4S. The van der Waals surface area contributed by atoms with Crippen LogP contribution in [0.25, 0.3) is 0 Å². The number of anilines is 1. The Bertz CT molecular complexity index is 1050. The molecule has 0 spiro atoms. The van der Waals surface area contributed by atoms with Crippen molar-refractivity contribution < 1.29 is 22.4 Å². The Balaban J connectivity index is 2.43. The molecule has 1 N–H and O–H groups in total. The molecular weight excluding hydrogens is 447 g/mol. The van der Waals surface area contributed by atoms with Gasteiger partial charge in [0.1, 0.15) is 18.4 Å². The molecule has 0 aliphatic carbocycles. The number of rotatable bonds is 11. The molecule has 0 unspecified atom stereocenters. The van der Waals surface area contributed by atoms with Crippen LogP contribution in [0.5, 0.6) is 0 Å². The standard InChI is InChI=1S/C23H31FN4O4S/c1-5-15-25-23(30)18(2)27(16-19-11-7-6-8-12-19)22(29)17-28(33(31,32)26(3)4)21-14-10-9-13-20(21)24/h6-14,18H,5,15-17H2,1-4H3,(H,25,30)/t18-/m0/s1. The minimum Gasteiger partial charge on any atom is -0.354 e. The summed E-state index contributed by atoms with van der Waals surface area (Å²) in [5, 5.41) is 2.76. The van der Waals surface area contributed by atoms with Crippen molar-refractivity contribution in [3.63, 3.8) is 0 Å². The van der Waals surface area contributed by atoms with E-state index in [9.17, 15) is 22.4 Å². The summed E-state index contributed by atoms with van der Waals surface area (Å²) in [6.45, 7) is 3.37. The summed E-state index contributed by atoms with van der Waals surface area (Å²) in [7, 11) is -1.59. The number of benzene rings is 2. The van der Waals surface area contributed by atoms with E-state index in [4.69, 9.17) is 0 Å². The summed E-state index contributed by atoms with van der Waals surface area (Å²) in [5.41, 5.74) is 0.524. The molecule has 10 heteroatoms. The van der Waals surface area contributed by atoms with Crippen LogP contribution in [-0.2, 0) is 26.3 Å². The fourth-order valence-corrected chi connectivity index (χ4v) is 4.18. The van der Waals surface area contributed by atoms with Crippen molar-refractivity contribution in [1.29, 1.82) is 0 Å². The summed E-state index contributed by atoms with van der Waals surface area (Å²) in [6.07, 6.45) is 0.729. The average molecular weight is 479 g/mol. The number of para-hydroxylation sites is 1. The van der Waals surface area contributed by atoms with Gasteiger partial charge in [-0.1, -0.05) is 49.4 Å². The van der Waals surface area contributed by atoms with Crippen molar-refractivity contribution >= 4 is 27.7 Å². The largest absolute Gasteiger partial charge is 0.354 e. The highest BCUT2D eigenvalue weighted by atomic mass is 32.2. The molecule has 0 aromatic heterocycles. The molecule has 0 heterocycles. The molecule has 0 saturated heterocycles. The van der Waals surface area contributed by atoms with E-state index < -0.39 is 34.5 Å². The van der Waals surface area contributed by atoms with Crippen molar-refractivity contribution in [2.24, 2.45) is 0 Å². The Morgan fingerprint density at radius 3 is 2.21 bits per heavy atom. The van der Waals surface area contributed by atoms with Crippen molar-refractivity contribution in [1.82, 2.24) is 14.5 Å². The highest BCUT2D eigenvalue weighted by molar-refractivity contribution is 7.90. The van der Waals surface area contributed by atoms with Crippen LogP contribution in [-0.4, -0.2) is 62.7 Å². The molecule has 0 saturated carbocycles. The van der Waals surface area contributed by atoms with Gasteiger partial charge in [0.25, 0.3) is 0 Å². The Hall–Kier alpha value is -2.98.